The Kier molecular flexibility index (Phi) is 5.96. The normalized spacial score (nSPS) is 14.6. The Labute approximate surface area is 178 Å². The predicted octanol–water partition coefficient (Wildman–Crippen LogP) is 6.59. The highest BCUT2D eigenvalue weighted by Crippen LogP contribution is 2.41. The molecule has 0 spiro atoms. The number of H-pyrrole nitrogens is 1. The maximum atomic E-state index is 12.3. The Morgan fingerprint density at radius 3 is 2.43 bits per heavy atom. The maximum absolute atomic E-state index is 12.3. The number of aromatic amines is 1. The van der Waals surface area contributed by atoms with Crippen LogP contribution in [-0.2, 0) is 4.79 Å². The van der Waals surface area contributed by atoms with Crippen LogP contribution in [0.25, 0.3) is 10.1 Å². The lowest BCUT2D eigenvalue weighted by Gasteiger charge is -2.21. The summed E-state index contributed by atoms with van der Waals surface area (Å²) >= 11 is 5.35. The van der Waals surface area contributed by atoms with Crippen molar-refractivity contribution in [2.24, 2.45) is 5.73 Å². The van der Waals surface area contributed by atoms with Gasteiger partial charge in [0.25, 0.3) is 0 Å². The van der Waals surface area contributed by atoms with E-state index >= 15 is 0 Å². The second-order valence-corrected chi connectivity index (χ2v) is 9.11. The van der Waals surface area contributed by atoms with Gasteiger partial charge in [-0.3, -0.25) is 4.79 Å². The number of rotatable bonds is 5. The van der Waals surface area contributed by atoms with Crippen LogP contribution < -0.4 is 5.73 Å². The second kappa shape index (κ2) is 8.10. The number of allylic oxidation sites excluding steroid dienone is 4. The van der Waals surface area contributed by atoms with Gasteiger partial charge in [0, 0.05) is 37.7 Å². The van der Waals surface area contributed by atoms with Gasteiger partial charge in [-0.25, -0.2) is 0 Å². The van der Waals surface area contributed by atoms with E-state index in [4.69, 9.17) is 5.73 Å². The molecular formula is C23H25BrN2OS. The average molecular weight is 457 g/mol. The molecule has 0 aliphatic heterocycles. The standard InChI is InChI=1S/C23H25BrN2OS/c1-12-6-8-20(26-12)23(14(3)13(2)22(15(4)25)16(5)27)19-11-28-21-9-7-17(24)10-18(19)21/h6-11,23,26H,25H2,1-5H3/b14-13+,22-15+. The van der Waals surface area contributed by atoms with E-state index in [1.54, 1.807) is 25.2 Å². The van der Waals surface area contributed by atoms with Crippen LogP contribution in [0.5, 0.6) is 0 Å². The molecule has 3 nitrogen and oxygen atoms in total. The van der Waals surface area contributed by atoms with Gasteiger partial charge >= 0.3 is 0 Å². The minimum atomic E-state index is -0.00353. The number of ketones is 1. The topological polar surface area (TPSA) is 58.9 Å². The number of thiophene rings is 1. The maximum Gasteiger partial charge on any atom is 0.161 e. The SMILES string of the molecule is CC(=O)C(=C(\C)N)/C(C)=C(\C)C(c1ccc(C)[nH]1)c1csc2ccc(Br)cc12. The molecule has 0 saturated carbocycles. The van der Waals surface area contributed by atoms with E-state index in [1.165, 1.54) is 15.6 Å². The van der Waals surface area contributed by atoms with E-state index in [0.717, 1.165) is 27.0 Å². The molecule has 28 heavy (non-hydrogen) atoms. The summed E-state index contributed by atoms with van der Waals surface area (Å²) in [6.07, 6.45) is 0. The Morgan fingerprint density at radius 1 is 1.14 bits per heavy atom. The smallest absolute Gasteiger partial charge is 0.161 e. The zero-order valence-electron chi connectivity index (χ0n) is 16.8. The van der Waals surface area contributed by atoms with Gasteiger partial charge in [-0.05, 0) is 86.9 Å². The predicted molar refractivity (Wildman–Crippen MR) is 123 cm³/mol. The van der Waals surface area contributed by atoms with Crippen molar-refractivity contribution in [3.63, 3.8) is 0 Å². The third-order valence-electron chi connectivity index (χ3n) is 5.19. The number of hydrogen-bond donors (Lipinski definition) is 2. The number of Topliss-reactive ketones (excluding diaryl/α,β-unsaturated/α-hetero) is 1. The van der Waals surface area contributed by atoms with Crippen molar-refractivity contribution in [3.8, 4) is 0 Å². The van der Waals surface area contributed by atoms with Crippen molar-refractivity contribution in [1.29, 1.82) is 0 Å². The minimum absolute atomic E-state index is 0.00353. The third-order valence-corrected chi connectivity index (χ3v) is 6.66. The van der Waals surface area contributed by atoms with Crippen molar-refractivity contribution < 1.29 is 4.79 Å². The van der Waals surface area contributed by atoms with Gasteiger partial charge < -0.3 is 10.7 Å². The summed E-state index contributed by atoms with van der Waals surface area (Å²) in [4.78, 5) is 15.8. The van der Waals surface area contributed by atoms with Crippen molar-refractivity contribution in [2.45, 2.75) is 40.5 Å². The van der Waals surface area contributed by atoms with Crippen molar-refractivity contribution in [3.05, 3.63) is 79.6 Å². The number of hydrogen-bond acceptors (Lipinski definition) is 3. The van der Waals surface area contributed by atoms with Crippen LogP contribution >= 0.6 is 27.3 Å². The number of carbonyl (C=O) groups is 1. The zero-order chi connectivity index (χ0) is 20.6. The molecule has 3 N–H and O–H groups in total. The first kappa shape index (κ1) is 20.6. The summed E-state index contributed by atoms with van der Waals surface area (Å²) in [5.74, 6) is 0.0154. The first-order valence-corrected chi connectivity index (χ1v) is 10.8. The summed E-state index contributed by atoms with van der Waals surface area (Å²) in [5, 5.41) is 3.45. The first-order valence-electron chi connectivity index (χ1n) is 9.18. The van der Waals surface area contributed by atoms with Gasteiger partial charge in [0.05, 0.1) is 0 Å². The molecule has 146 valence electrons. The minimum Gasteiger partial charge on any atom is -0.402 e. The van der Waals surface area contributed by atoms with Gasteiger partial charge in [0.1, 0.15) is 0 Å². The summed E-state index contributed by atoms with van der Waals surface area (Å²) in [5.41, 5.74) is 12.8. The van der Waals surface area contributed by atoms with Crippen LogP contribution in [0.1, 0.15) is 50.6 Å². The molecule has 0 radical (unpaired) electrons. The monoisotopic (exact) mass is 456 g/mol. The molecule has 0 aliphatic rings. The summed E-state index contributed by atoms with van der Waals surface area (Å²) < 4.78 is 2.30. The lowest BCUT2D eigenvalue weighted by atomic mass is 9.84. The van der Waals surface area contributed by atoms with Crippen molar-refractivity contribution >= 4 is 43.1 Å². The molecule has 0 fully saturated rings. The van der Waals surface area contributed by atoms with Crippen molar-refractivity contribution in [2.75, 3.05) is 0 Å². The largest absolute Gasteiger partial charge is 0.402 e. The molecule has 0 saturated heterocycles. The highest BCUT2D eigenvalue weighted by Gasteiger charge is 2.24. The Morgan fingerprint density at radius 2 is 1.86 bits per heavy atom. The van der Waals surface area contributed by atoms with Crippen LogP contribution in [0.3, 0.4) is 0 Å². The van der Waals surface area contributed by atoms with E-state index in [2.05, 4.69) is 70.5 Å². The van der Waals surface area contributed by atoms with Gasteiger partial charge in [-0.1, -0.05) is 21.5 Å². The van der Waals surface area contributed by atoms with Crippen LogP contribution in [0.4, 0.5) is 0 Å². The number of nitrogens with two attached hydrogens (primary N) is 1. The molecule has 1 aromatic carbocycles. The lowest BCUT2D eigenvalue weighted by Crippen LogP contribution is -2.12. The number of fused-ring (bicyclic) bond motifs is 1. The molecule has 2 heterocycles. The number of halogens is 1. The number of aromatic nitrogens is 1. The molecule has 1 atom stereocenters. The molecule has 5 heteroatoms. The molecule has 0 bridgehead atoms. The van der Waals surface area contributed by atoms with Crippen LogP contribution in [0.2, 0.25) is 0 Å². The summed E-state index contributed by atoms with van der Waals surface area (Å²) in [7, 11) is 0. The average Bonchev–Trinajstić information content (AvgIpc) is 3.21. The first-order chi connectivity index (χ1) is 13.2. The molecule has 2 aromatic heterocycles. The Hall–Kier alpha value is -2.11. The number of aryl methyl sites for hydroxylation is 1. The Balaban J connectivity index is 2.29. The highest BCUT2D eigenvalue weighted by molar-refractivity contribution is 9.10. The highest BCUT2D eigenvalue weighted by atomic mass is 79.9. The Bertz CT molecular complexity index is 1110. The molecule has 3 rings (SSSR count). The van der Waals surface area contributed by atoms with Gasteiger partial charge in [0.2, 0.25) is 0 Å². The molecule has 0 aliphatic carbocycles. The van der Waals surface area contributed by atoms with Gasteiger partial charge in [0.15, 0.2) is 5.78 Å². The fraction of sp³-hybridized carbons (Fsp3) is 0.261. The van der Waals surface area contributed by atoms with E-state index in [1.807, 2.05) is 6.92 Å². The quantitative estimate of drug-likeness (QED) is 0.335. The number of carbonyl (C=O) groups excluding carboxylic acids is 1. The zero-order valence-corrected chi connectivity index (χ0v) is 19.2. The fourth-order valence-corrected chi connectivity index (χ4v) is 5.15. The van der Waals surface area contributed by atoms with Gasteiger partial charge in [-0.2, -0.15) is 0 Å². The molecule has 1 unspecified atom stereocenters. The molecular weight excluding hydrogens is 432 g/mol. The fourth-order valence-electron chi connectivity index (χ4n) is 3.82. The van der Waals surface area contributed by atoms with Crippen LogP contribution in [-0.4, -0.2) is 10.8 Å². The summed E-state index contributed by atoms with van der Waals surface area (Å²) in [6.45, 7) is 9.52. The third kappa shape index (κ3) is 3.87. The number of nitrogens with one attached hydrogen (secondary N) is 1. The van der Waals surface area contributed by atoms with Crippen LogP contribution in [0, 0.1) is 6.92 Å². The van der Waals surface area contributed by atoms with E-state index < -0.39 is 0 Å². The van der Waals surface area contributed by atoms with E-state index in [-0.39, 0.29) is 11.7 Å². The van der Waals surface area contributed by atoms with Gasteiger partial charge in [-0.15, -0.1) is 11.3 Å². The van der Waals surface area contributed by atoms with Crippen LogP contribution in [0.15, 0.2) is 62.6 Å². The van der Waals surface area contributed by atoms with Crippen molar-refractivity contribution in [1.82, 2.24) is 4.98 Å². The molecule has 3 aromatic rings. The van der Waals surface area contributed by atoms with E-state index in [9.17, 15) is 4.79 Å². The molecule has 0 amide bonds. The lowest BCUT2D eigenvalue weighted by molar-refractivity contribution is -0.113. The number of benzene rings is 1. The van der Waals surface area contributed by atoms with E-state index in [0.29, 0.717) is 11.3 Å². The summed E-state index contributed by atoms with van der Waals surface area (Å²) in [6, 6.07) is 10.6. The second-order valence-electron chi connectivity index (χ2n) is 7.28.